The lowest BCUT2D eigenvalue weighted by molar-refractivity contribution is 0.0999. The minimum Gasteiger partial charge on any atom is -0.508 e. The number of hydrogen-bond donors (Lipinski definition) is 2. The van der Waals surface area contributed by atoms with E-state index in [4.69, 9.17) is 5.73 Å². The summed E-state index contributed by atoms with van der Waals surface area (Å²) < 4.78 is 0. The van der Waals surface area contributed by atoms with E-state index < -0.39 is 0 Å². The number of phenolic OH excluding ortho intramolecular Hbond substituents is 1. The van der Waals surface area contributed by atoms with Gasteiger partial charge in [0.25, 0.3) is 0 Å². The molecule has 0 saturated carbocycles. The van der Waals surface area contributed by atoms with Crippen LogP contribution in [-0.4, -0.2) is 41.6 Å². The fourth-order valence-electron chi connectivity index (χ4n) is 5.01. The molecule has 2 aromatic rings. The highest BCUT2D eigenvalue weighted by Gasteiger charge is 2.27. The van der Waals surface area contributed by atoms with Gasteiger partial charge in [0.1, 0.15) is 5.75 Å². The zero-order valence-electron chi connectivity index (χ0n) is 19.2. The van der Waals surface area contributed by atoms with Gasteiger partial charge in [-0.25, -0.2) is 0 Å². The summed E-state index contributed by atoms with van der Waals surface area (Å²) in [6, 6.07) is 11.9. The molecular weight excluding hydrogens is 386 g/mol. The van der Waals surface area contributed by atoms with Crippen LogP contribution >= 0.6 is 0 Å². The van der Waals surface area contributed by atoms with Crippen molar-refractivity contribution in [1.29, 1.82) is 0 Å². The van der Waals surface area contributed by atoms with Crippen LogP contribution in [-0.2, 0) is 19.4 Å². The number of nitrogens with two attached hydrogens (primary N) is 1. The number of aromatic hydroxyl groups is 1. The molecule has 1 fully saturated rings. The van der Waals surface area contributed by atoms with Gasteiger partial charge < -0.3 is 20.6 Å². The third-order valence-electron chi connectivity index (χ3n) is 6.49. The Hall–Kier alpha value is -2.53. The largest absolute Gasteiger partial charge is 0.508 e. The normalized spacial score (nSPS) is 15.2. The number of amides is 1. The van der Waals surface area contributed by atoms with Crippen molar-refractivity contribution in [2.45, 2.75) is 65.5 Å². The molecule has 0 aliphatic carbocycles. The van der Waals surface area contributed by atoms with Gasteiger partial charge in [-0.2, -0.15) is 0 Å². The molecule has 3 rings (SSSR count). The number of carbonyl (C=O) groups is 1. The summed E-state index contributed by atoms with van der Waals surface area (Å²) in [5.74, 6) is -0.0604. The summed E-state index contributed by atoms with van der Waals surface area (Å²) in [7, 11) is 0. The summed E-state index contributed by atoms with van der Waals surface area (Å²) in [6.07, 6.45) is 5.04. The summed E-state index contributed by atoms with van der Waals surface area (Å²) in [5, 5.41) is 10.0. The maximum Gasteiger partial charge on any atom is 0.248 e. The van der Waals surface area contributed by atoms with Crippen molar-refractivity contribution in [2.24, 2.45) is 5.73 Å². The second-order valence-corrected chi connectivity index (χ2v) is 8.53. The summed E-state index contributed by atoms with van der Waals surface area (Å²) >= 11 is 0. The number of piperidine rings is 1. The fourth-order valence-corrected chi connectivity index (χ4v) is 5.01. The van der Waals surface area contributed by atoms with Crippen LogP contribution in [0.4, 0.5) is 5.69 Å². The van der Waals surface area contributed by atoms with Gasteiger partial charge in [0.2, 0.25) is 5.91 Å². The molecule has 0 atom stereocenters. The van der Waals surface area contributed by atoms with E-state index in [1.54, 1.807) is 6.07 Å². The molecule has 1 heterocycles. The molecule has 5 heteroatoms. The van der Waals surface area contributed by atoms with Gasteiger partial charge in [0.05, 0.1) is 0 Å². The first kappa shape index (κ1) is 23.1. The molecule has 1 saturated heterocycles. The minimum atomic E-state index is -0.356. The van der Waals surface area contributed by atoms with Crippen molar-refractivity contribution in [3.63, 3.8) is 0 Å². The van der Waals surface area contributed by atoms with Crippen LogP contribution in [0.15, 0.2) is 36.4 Å². The average molecular weight is 424 g/mol. The van der Waals surface area contributed by atoms with Crippen LogP contribution in [0, 0.1) is 0 Å². The maximum atomic E-state index is 12.0. The van der Waals surface area contributed by atoms with Crippen molar-refractivity contribution >= 4 is 11.6 Å². The number of likely N-dealkylation sites (tertiary alicyclic amines) is 1. The predicted molar refractivity (Wildman–Crippen MR) is 128 cm³/mol. The lowest BCUT2D eigenvalue weighted by atomic mass is 9.92. The number of rotatable bonds is 9. The van der Waals surface area contributed by atoms with E-state index in [2.05, 4.69) is 42.7 Å². The number of benzene rings is 2. The van der Waals surface area contributed by atoms with Crippen molar-refractivity contribution in [3.05, 3.63) is 58.7 Å². The second-order valence-electron chi connectivity index (χ2n) is 8.53. The molecule has 3 N–H and O–H groups in total. The van der Waals surface area contributed by atoms with E-state index in [0.29, 0.717) is 17.4 Å². The quantitative estimate of drug-likeness (QED) is 0.623. The van der Waals surface area contributed by atoms with Crippen LogP contribution in [0.25, 0.3) is 0 Å². The van der Waals surface area contributed by atoms with E-state index in [1.165, 1.54) is 17.7 Å². The summed E-state index contributed by atoms with van der Waals surface area (Å²) in [6.45, 7) is 10.6. The van der Waals surface area contributed by atoms with Gasteiger partial charge in [0, 0.05) is 36.9 Å². The maximum absolute atomic E-state index is 12.0. The molecule has 1 amide bonds. The van der Waals surface area contributed by atoms with Crippen LogP contribution in [0.2, 0.25) is 0 Å². The van der Waals surface area contributed by atoms with Crippen LogP contribution in [0.3, 0.4) is 0 Å². The van der Waals surface area contributed by atoms with Gasteiger partial charge in [-0.15, -0.1) is 0 Å². The van der Waals surface area contributed by atoms with Crippen molar-refractivity contribution < 1.29 is 9.90 Å². The van der Waals surface area contributed by atoms with Crippen LogP contribution in [0.1, 0.15) is 67.1 Å². The molecule has 2 aromatic carbocycles. The topological polar surface area (TPSA) is 69.8 Å². The Kier molecular flexibility index (Phi) is 7.97. The highest BCUT2D eigenvalue weighted by Crippen LogP contribution is 2.33. The number of hydrogen-bond acceptors (Lipinski definition) is 4. The van der Waals surface area contributed by atoms with E-state index in [-0.39, 0.29) is 5.91 Å². The van der Waals surface area contributed by atoms with Gasteiger partial charge in [-0.05, 0) is 79.6 Å². The molecule has 0 aromatic heterocycles. The Morgan fingerprint density at radius 1 is 1.10 bits per heavy atom. The van der Waals surface area contributed by atoms with Gasteiger partial charge in [-0.3, -0.25) is 4.79 Å². The first-order valence-electron chi connectivity index (χ1n) is 11.7. The molecule has 0 bridgehead atoms. The van der Waals surface area contributed by atoms with Gasteiger partial charge in [0.15, 0.2) is 0 Å². The van der Waals surface area contributed by atoms with Crippen molar-refractivity contribution in [2.75, 3.05) is 24.5 Å². The van der Waals surface area contributed by atoms with Gasteiger partial charge in [-0.1, -0.05) is 32.9 Å². The smallest absolute Gasteiger partial charge is 0.248 e. The number of primary amides is 1. The predicted octanol–water partition coefficient (Wildman–Crippen LogP) is 4.50. The molecule has 0 unspecified atom stereocenters. The Labute approximate surface area is 186 Å². The Morgan fingerprint density at radius 2 is 1.81 bits per heavy atom. The molecule has 1 aliphatic rings. The van der Waals surface area contributed by atoms with Crippen molar-refractivity contribution in [1.82, 2.24) is 4.90 Å². The summed E-state index contributed by atoms with van der Waals surface area (Å²) in [5.41, 5.74) is 10.9. The second kappa shape index (κ2) is 10.7. The van der Waals surface area contributed by atoms with E-state index >= 15 is 0 Å². The molecule has 1 aliphatic heterocycles. The lowest BCUT2D eigenvalue weighted by Gasteiger charge is -2.41. The Morgan fingerprint density at radius 3 is 2.39 bits per heavy atom. The molecule has 31 heavy (non-hydrogen) atoms. The highest BCUT2D eigenvalue weighted by molar-refractivity contribution is 5.95. The van der Waals surface area contributed by atoms with Gasteiger partial charge >= 0.3 is 0 Å². The monoisotopic (exact) mass is 423 g/mol. The fraction of sp³-hybridized carbons (Fsp3) is 0.500. The SMILES string of the molecule is CCCN1CCC(N(Cc2cccc(O)c2)c2ccc(C(N)=O)c(CC)c2CC)CC1. The number of carbonyl (C=O) groups excluding carboxylic acids is 1. The zero-order valence-corrected chi connectivity index (χ0v) is 19.2. The van der Waals surface area contributed by atoms with Crippen LogP contribution < -0.4 is 10.6 Å². The van der Waals surface area contributed by atoms with E-state index in [9.17, 15) is 9.90 Å². The lowest BCUT2D eigenvalue weighted by Crippen LogP contribution is -2.45. The number of nitrogens with zero attached hydrogens (tertiary/aromatic N) is 2. The molecule has 168 valence electrons. The zero-order chi connectivity index (χ0) is 22.4. The molecular formula is C26H37N3O2. The minimum absolute atomic E-state index is 0.296. The highest BCUT2D eigenvalue weighted by atomic mass is 16.3. The molecule has 5 nitrogen and oxygen atoms in total. The molecule has 0 spiro atoms. The first-order valence-corrected chi connectivity index (χ1v) is 11.7. The number of phenols is 1. The average Bonchev–Trinajstić information content (AvgIpc) is 2.77. The van der Waals surface area contributed by atoms with Crippen molar-refractivity contribution in [3.8, 4) is 5.75 Å². The van der Waals surface area contributed by atoms with E-state index in [0.717, 1.165) is 63.0 Å². The Balaban J connectivity index is 2.01. The third kappa shape index (κ3) is 5.40. The molecule has 0 radical (unpaired) electrons. The third-order valence-corrected chi connectivity index (χ3v) is 6.49. The number of anilines is 1. The van der Waals surface area contributed by atoms with Crippen LogP contribution in [0.5, 0.6) is 5.75 Å². The standard InChI is InChI=1S/C26H37N3O2/c1-4-14-28-15-12-20(13-16-28)29(18-19-8-7-9-21(30)17-19)25-11-10-24(26(27)31)22(5-2)23(25)6-3/h7-11,17,20,30H,4-6,12-16,18H2,1-3H3,(H2,27,31). The summed E-state index contributed by atoms with van der Waals surface area (Å²) in [4.78, 5) is 17.1. The first-order chi connectivity index (χ1) is 15.0. The Bertz CT molecular complexity index is 888. The van der Waals surface area contributed by atoms with E-state index in [1.807, 2.05) is 18.2 Å².